The lowest BCUT2D eigenvalue weighted by molar-refractivity contribution is 0.0997. The van der Waals surface area contributed by atoms with Crippen molar-refractivity contribution in [1.82, 2.24) is 4.57 Å². The first-order valence-corrected chi connectivity index (χ1v) is 10.1. The van der Waals surface area contributed by atoms with Crippen molar-refractivity contribution in [2.24, 2.45) is 4.99 Å². The minimum absolute atomic E-state index is 0.279. The van der Waals surface area contributed by atoms with E-state index in [2.05, 4.69) is 11.9 Å². The summed E-state index contributed by atoms with van der Waals surface area (Å²) in [6.45, 7) is 4.69. The van der Waals surface area contributed by atoms with E-state index in [-0.39, 0.29) is 11.7 Å². The van der Waals surface area contributed by atoms with Crippen LogP contribution in [0, 0.1) is 5.82 Å². The van der Waals surface area contributed by atoms with Gasteiger partial charge in [-0.3, -0.25) is 4.79 Å². The smallest absolute Gasteiger partial charge is 0.279 e. The van der Waals surface area contributed by atoms with Crippen LogP contribution in [-0.4, -0.2) is 24.7 Å². The molecule has 0 aliphatic rings. The third-order valence-corrected chi connectivity index (χ3v) is 5.78. The Labute approximate surface area is 173 Å². The molecule has 0 spiro atoms. The molecule has 1 heterocycles. The summed E-state index contributed by atoms with van der Waals surface area (Å²) in [5.41, 5.74) is 2.29. The standard InChI is InChI=1S/C22H23FN2O3S/c1-5-19-20(14-7-10-16(23)11-8-14)25(6-2)22(29-19)24-21(26)15-9-12-17(27-3)18(13-15)28-4/h7-13H,5-6H2,1-4H3. The second kappa shape index (κ2) is 9.05. The Kier molecular flexibility index (Phi) is 6.49. The molecule has 0 N–H and O–H groups in total. The second-order valence-electron chi connectivity index (χ2n) is 6.25. The van der Waals surface area contributed by atoms with Crippen LogP contribution in [0.2, 0.25) is 0 Å². The molecule has 7 heteroatoms. The number of ether oxygens (including phenoxy) is 2. The zero-order chi connectivity index (χ0) is 21.0. The van der Waals surface area contributed by atoms with Crippen molar-refractivity contribution < 1.29 is 18.7 Å². The zero-order valence-electron chi connectivity index (χ0n) is 16.9. The summed E-state index contributed by atoms with van der Waals surface area (Å²) in [7, 11) is 3.07. The number of hydrogen-bond donors (Lipinski definition) is 0. The predicted octanol–water partition coefficient (Wildman–Crippen LogP) is 4.70. The molecule has 0 saturated carbocycles. The molecule has 29 heavy (non-hydrogen) atoms. The van der Waals surface area contributed by atoms with E-state index < -0.39 is 0 Å². The average molecular weight is 415 g/mol. The van der Waals surface area contributed by atoms with Crippen LogP contribution in [0.5, 0.6) is 11.5 Å². The molecular weight excluding hydrogens is 391 g/mol. The summed E-state index contributed by atoms with van der Waals surface area (Å²) in [5.74, 6) is 0.390. The van der Waals surface area contributed by atoms with Crippen LogP contribution in [-0.2, 0) is 13.0 Å². The first-order valence-electron chi connectivity index (χ1n) is 9.31. The lowest BCUT2D eigenvalue weighted by atomic mass is 10.1. The number of methoxy groups -OCH3 is 2. The highest BCUT2D eigenvalue weighted by Crippen LogP contribution is 2.29. The van der Waals surface area contributed by atoms with Crippen molar-refractivity contribution in [1.29, 1.82) is 0 Å². The minimum Gasteiger partial charge on any atom is -0.493 e. The number of aromatic nitrogens is 1. The quantitative estimate of drug-likeness (QED) is 0.588. The normalized spacial score (nSPS) is 11.6. The fraction of sp³-hybridized carbons (Fsp3) is 0.273. The minimum atomic E-state index is -0.359. The van der Waals surface area contributed by atoms with E-state index in [1.165, 1.54) is 30.6 Å². The number of nitrogens with zero attached hydrogens (tertiary/aromatic N) is 2. The van der Waals surface area contributed by atoms with Crippen LogP contribution in [0.4, 0.5) is 4.39 Å². The van der Waals surface area contributed by atoms with Gasteiger partial charge in [0.15, 0.2) is 16.3 Å². The van der Waals surface area contributed by atoms with Gasteiger partial charge in [-0.1, -0.05) is 6.92 Å². The number of hydrogen-bond acceptors (Lipinski definition) is 4. The summed E-state index contributed by atoms with van der Waals surface area (Å²) < 4.78 is 25.9. The molecule has 0 aliphatic heterocycles. The van der Waals surface area contributed by atoms with E-state index in [0.717, 1.165) is 22.6 Å². The molecule has 2 aromatic carbocycles. The van der Waals surface area contributed by atoms with E-state index in [1.54, 1.807) is 37.4 Å². The molecule has 0 radical (unpaired) electrons. The van der Waals surface area contributed by atoms with Gasteiger partial charge in [0.2, 0.25) is 0 Å². The summed E-state index contributed by atoms with van der Waals surface area (Å²) in [6, 6.07) is 11.4. The summed E-state index contributed by atoms with van der Waals surface area (Å²) >= 11 is 1.48. The number of thiazole rings is 1. The van der Waals surface area contributed by atoms with Crippen LogP contribution in [0.15, 0.2) is 47.5 Å². The monoisotopic (exact) mass is 414 g/mol. The van der Waals surface area contributed by atoms with E-state index in [0.29, 0.717) is 28.4 Å². The van der Waals surface area contributed by atoms with Gasteiger partial charge in [-0.15, -0.1) is 11.3 Å². The maximum absolute atomic E-state index is 13.4. The molecule has 0 fully saturated rings. The van der Waals surface area contributed by atoms with Crippen molar-refractivity contribution in [3.63, 3.8) is 0 Å². The molecule has 0 bridgehead atoms. The Morgan fingerprint density at radius 2 is 1.76 bits per heavy atom. The van der Waals surface area contributed by atoms with Crippen molar-refractivity contribution in [2.45, 2.75) is 26.8 Å². The highest BCUT2D eigenvalue weighted by atomic mass is 32.1. The van der Waals surface area contributed by atoms with Crippen molar-refractivity contribution in [3.05, 3.63) is 63.5 Å². The van der Waals surface area contributed by atoms with E-state index in [1.807, 2.05) is 11.5 Å². The molecule has 0 saturated heterocycles. The first kappa shape index (κ1) is 20.8. The van der Waals surface area contributed by atoms with Crippen LogP contribution in [0.3, 0.4) is 0 Å². The second-order valence-corrected chi connectivity index (χ2v) is 7.31. The van der Waals surface area contributed by atoms with Crippen molar-refractivity contribution in [3.8, 4) is 22.8 Å². The summed E-state index contributed by atoms with van der Waals surface area (Å²) in [6.07, 6.45) is 0.789. The van der Waals surface area contributed by atoms with Crippen molar-refractivity contribution in [2.75, 3.05) is 14.2 Å². The molecule has 0 unspecified atom stereocenters. The Bertz CT molecular complexity index is 1080. The summed E-state index contributed by atoms with van der Waals surface area (Å²) in [5, 5.41) is 0. The van der Waals surface area contributed by atoms with Gasteiger partial charge in [0.1, 0.15) is 5.82 Å². The Morgan fingerprint density at radius 3 is 2.34 bits per heavy atom. The number of carbonyl (C=O) groups excluding carboxylic acids is 1. The van der Waals surface area contributed by atoms with E-state index >= 15 is 0 Å². The maximum Gasteiger partial charge on any atom is 0.279 e. The third-order valence-electron chi connectivity index (χ3n) is 4.56. The van der Waals surface area contributed by atoms with Gasteiger partial charge in [0.25, 0.3) is 5.91 Å². The first-order chi connectivity index (χ1) is 14.0. The van der Waals surface area contributed by atoms with Gasteiger partial charge in [-0.05, 0) is 61.4 Å². The Morgan fingerprint density at radius 1 is 1.07 bits per heavy atom. The van der Waals surface area contributed by atoms with E-state index in [9.17, 15) is 9.18 Å². The highest BCUT2D eigenvalue weighted by molar-refractivity contribution is 7.09. The maximum atomic E-state index is 13.4. The van der Waals surface area contributed by atoms with Gasteiger partial charge in [0.05, 0.1) is 19.9 Å². The number of benzene rings is 2. The van der Waals surface area contributed by atoms with Crippen LogP contribution < -0.4 is 14.3 Å². The molecule has 3 rings (SSSR count). The van der Waals surface area contributed by atoms with Gasteiger partial charge in [-0.2, -0.15) is 4.99 Å². The Balaban J connectivity index is 2.10. The van der Waals surface area contributed by atoms with Crippen LogP contribution >= 0.6 is 11.3 Å². The van der Waals surface area contributed by atoms with Gasteiger partial charge < -0.3 is 14.0 Å². The summed E-state index contributed by atoms with van der Waals surface area (Å²) in [4.78, 5) is 18.9. The average Bonchev–Trinajstić information content (AvgIpc) is 3.10. The zero-order valence-corrected chi connectivity index (χ0v) is 17.7. The fourth-order valence-electron chi connectivity index (χ4n) is 3.12. The number of amides is 1. The molecular formula is C22H23FN2O3S. The lowest BCUT2D eigenvalue weighted by Crippen LogP contribution is -2.17. The molecule has 5 nitrogen and oxygen atoms in total. The number of carbonyl (C=O) groups is 1. The van der Waals surface area contributed by atoms with Crippen LogP contribution in [0.25, 0.3) is 11.3 Å². The largest absolute Gasteiger partial charge is 0.493 e. The molecule has 1 amide bonds. The SMILES string of the molecule is CCc1sc(=NC(=O)c2ccc(OC)c(OC)c2)n(CC)c1-c1ccc(F)cc1. The van der Waals surface area contributed by atoms with Gasteiger partial charge >= 0.3 is 0 Å². The number of aryl methyl sites for hydroxylation is 1. The molecule has 0 aliphatic carbocycles. The third kappa shape index (κ3) is 4.24. The molecule has 1 aromatic heterocycles. The number of halogens is 1. The highest BCUT2D eigenvalue weighted by Gasteiger charge is 2.16. The molecule has 0 atom stereocenters. The topological polar surface area (TPSA) is 52.8 Å². The number of rotatable bonds is 6. The predicted molar refractivity (Wildman–Crippen MR) is 112 cm³/mol. The van der Waals surface area contributed by atoms with Gasteiger partial charge in [-0.25, -0.2) is 4.39 Å². The fourth-order valence-corrected chi connectivity index (χ4v) is 4.27. The Hall–Kier alpha value is -2.93. The molecule has 3 aromatic rings. The lowest BCUT2D eigenvalue weighted by Gasteiger charge is -2.09. The van der Waals surface area contributed by atoms with Crippen LogP contribution in [0.1, 0.15) is 29.1 Å². The van der Waals surface area contributed by atoms with E-state index in [4.69, 9.17) is 9.47 Å². The van der Waals surface area contributed by atoms with Crippen molar-refractivity contribution >= 4 is 17.2 Å². The van der Waals surface area contributed by atoms with Gasteiger partial charge in [0, 0.05) is 17.0 Å². The molecule has 152 valence electrons.